The molecule has 1 unspecified atom stereocenters. The van der Waals surface area contributed by atoms with E-state index in [1.807, 2.05) is 6.26 Å². The maximum Gasteiger partial charge on any atom is 0.104 e. The lowest BCUT2D eigenvalue weighted by molar-refractivity contribution is 0.442. The van der Waals surface area contributed by atoms with Gasteiger partial charge in [0.25, 0.3) is 0 Å². The van der Waals surface area contributed by atoms with Crippen molar-refractivity contribution in [2.24, 2.45) is 5.92 Å². The lowest BCUT2D eigenvalue weighted by Gasteiger charge is -2.07. The number of allylic oxidation sites excluding steroid dienone is 2. The summed E-state index contributed by atoms with van der Waals surface area (Å²) in [5, 5.41) is 0. The van der Waals surface area contributed by atoms with Gasteiger partial charge in [-0.2, -0.15) is 0 Å². The van der Waals surface area contributed by atoms with Gasteiger partial charge < -0.3 is 4.42 Å². The van der Waals surface area contributed by atoms with E-state index in [9.17, 15) is 0 Å². The van der Waals surface area contributed by atoms with Crippen molar-refractivity contribution in [1.29, 1.82) is 0 Å². The van der Waals surface area contributed by atoms with Gasteiger partial charge in [0.05, 0.1) is 6.26 Å². The van der Waals surface area contributed by atoms with Gasteiger partial charge in [-0.15, -0.1) is 0 Å². The number of hydrogen-bond donors (Lipinski definition) is 0. The first kappa shape index (κ1) is 13.1. The van der Waals surface area contributed by atoms with E-state index in [0.29, 0.717) is 5.92 Å². The topological polar surface area (TPSA) is 13.1 Å². The molecule has 0 aliphatic rings. The first-order valence-electron chi connectivity index (χ1n) is 6.31. The van der Waals surface area contributed by atoms with Gasteiger partial charge in [0.1, 0.15) is 5.76 Å². The van der Waals surface area contributed by atoms with Crippen molar-refractivity contribution < 1.29 is 4.42 Å². The van der Waals surface area contributed by atoms with Crippen LogP contribution in [0.15, 0.2) is 28.4 Å². The summed E-state index contributed by atoms with van der Waals surface area (Å²) in [6.07, 6.45) is 8.88. The zero-order valence-corrected chi connectivity index (χ0v) is 11.0. The van der Waals surface area contributed by atoms with Crippen LogP contribution < -0.4 is 0 Å². The van der Waals surface area contributed by atoms with E-state index in [1.54, 1.807) is 0 Å². The monoisotopic (exact) mass is 220 g/mol. The highest BCUT2D eigenvalue weighted by Crippen LogP contribution is 2.16. The summed E-state index contributed by atoms with van der Waals surface area (Å²) in [6, 6.07) is 2.14. The SMILES string of the molecule is CC/C(C)=C/CCC(C)Cc1cc(C)co1. The van der Waals surface area contributed by atoms with Crippen LogP contribution >= 0.6 is 0 Å². The number of hydrogen-bond acceptors (Lipinski definition) is 1. The molecule has 1 heterocycles. The maximum atomic E-state index is 5.47. The molecule has 1 aromatic rings. The zero-order valence-electron chi connectivity index (χ0n) is 11.0. The highest BCUT2D eigenvalue weighted by Gasteiger charge is 2.05. The predicted octanol–water partition coefficient (Wildman–Crippen LogP) is 4.90. The normalized spacial score (nSPS) is 14.1. The zero-order chi connectivity index (χ0) is 12.0. The average molecular weight is 220 g/mol. The van der Waals surface area contributed by atoms with Crippen LogP contribution in [0.25, 0.3) is 0 Å². The Balaban J connectivity index is 2.28. The highest BCUT2D eigenvalue weighted by atomic mass is 16.3. The van der Waals surface area contributed by atoms with E-state index < -0.39 is 0 Å². The molecular formula is C15H24O. The standard InChI is InChI=1S/C15H24O/c1-5-12(2)7-6-8-13(3)9-15-10-14(4)11-16-15/h7,10-11,13H,5-6,8-9H2,1-4H3/b12-7+. The van der Waals surface area contributed by atoms with Crippen molar-refractivity contribution >= 4 is 0 Å². The molecule has 0 aliphatic carbocycles. The molecule has 0 spiro atoms. The second kappa shape index (κ2) is 6.57. The molecule has 0 aromatic carbocycles. The summed E-state index contributed by atoms with van der Waals surface area (Å²) in [5.74, 6) is 1.83. The minimum absolute atomic E-state index is 0.700. The number of furan rings is 1. The van der Waals surface area contributed by atoms with E-state index in [0.717, 1.165) is 12.2 Å². The van der Waals surface area contributed by atoms with Gasteiger partial charge in [-0.05, 0) is 50.7 Å². The van der Waals surface area contributed by atoms with E-state index in [1.165, 1.54) is 30.4 Å². The summed E-state index contributed by atoms with van der Waals surface area (Å²) in [5.41, 5.74) is 2.73. The second-order valence-electron chi connectivity index (χ2n) is 4.88. The molecule has 16 heavy (non-hydrogen) atoms. The third-order valence-electron chi connectivity index (χ3n) is 3.04. The molecule has 90 valence electrons. The molecule has 1 atom stereocenters. The highest BCUT2D eigenvalue weighted by molar-refractivity contribution is 5.10. The fourth-order valence-electron chi connectivity index (χ4n) is 1.80. The van der Waals surface area contributed by atoms with Crippen LogP contribution in [-0.4, -0.2) is 0 Å². The Labute approximate surface area is 99.6 Å². The fraction of sp³-hybridized carbons (Fsp3) is 0.600. The van der Waals surface area contributed by atoms with Gasteiger partial charge in [-0.1, -0.05) is 25.5 Å². The van der Waals surface area contributed by atoms with Gasteiger partial charge in [-0.25, -0.2) is 0 Å². The number of aryl methyl sites for hydroxylation is 1. The minimum Gasteiger partial charge on any atom is -0.469 e. The molecule has 0 aliphatic heterocycles. The van der Waals surface area contributed by atoms with Crippen LogP contribution in [-0.2, 0) is 6.42 Å². The molecule has 1 heteroatoms. The predicted molar refractivity (Wildman–Crippen MR) is 69.6 cm³/mol. The van der Waals surface area contributed by atoms with Crippen LogP contribution in [0.3, 0.4) is 0 Å². The van der Waals surface area contributed by atoms with Crippen LogP contribution in [0.1, 0.15) is 51.4 Å². The molecule has 1 rings (SSSR count). The van der Waals surface area contributed by atoms with Gasteiger partial charge in [0.15, 0.2) is 0 Å². The Morgan fingerprint density at radius 3 is 2.81 bits per heavy atom. The van der Waals surface area contributed by atoms with Crippen molar-refractivity contribution in [3.63, 3.8) is 0 Å². The molecule has 1 aromatic heterocycles. The Morgan fingerprint density at radius 1 is 1.50 bits per heavy atom. The van der Waals surface area contributed by atoms with Crippen molar-refractivity contribution in [3.8, 4) is 0 Å². The molecule has 0 fully saturated rings. The lowest BCUT2D eigenvalue weighted by Crippen LogP contribution is -1.98. The van der Waals surface area contributed by atoms with E-state index in [2.05, 4.69) is 39.8 Å². The van der Waals surface area contributed by atoms with Crippen LogP contribution in [0.5, 0.6) is 0 Å². The summed E-state index contributed by atoms with van der Waals surface area (Å²) in [4.78, 5) is 0. The van der Waals surface area contributed by atoms with Crippen LogP contribution in [0.4, 0.5) is 0 Å². The van der Waals surface area contributed by atoms with E-state index in [4.69, 9.17) is 4.42 Å². The summed E-state index contributed by atoms with van der Waals surface area (Å²) >= 11 is 0. The molecule has 0 saturated heterocycles. The van der Waals surface area contributed by atoms with Gasteiger partial charge in [-0.3, -0.25) is 0 Å². The summed E-state index contributed by atoms with van der Waals surface area (Å²) in [7, 11) is 0. The van der Waals surface area contributed by atoms with Gasteiger partial charge >= 0.3 is 0 Å². The molecule has 0 N–H and O–H groups in total. The third-order valence-corrected chi connectivity index (χ3v) is 3.04. The van der Waals surface area contributed by atoms with E-state index in [-0.39, 0.29) is 0 Å². The molecule has 0 radical (unpaired) electrons. The summed E-state index contributed by atoms with van der Waals surface area (Å²) < 4.78 is 5.47. The molecule has 1 nitrogen and oxygen atoms in total. The van der Waals surface area contributed by atoms with Crippen molar-refractivity contribution in [1.82, 2.24) is 0 Å². The smallest absolute Gasteiger partial charge is 0.104 e. The Kier molecular flexibility index (Phi) is 5.37. The average Bonchev–Trinajstić information content (AvgIpc) is 2.63. The fourth-order valence-corrected chi connectivity index (χ4v) is 1.80. The second-order valence-corrected chi connectivity index (χ2v) is 4.88. The quantitative estimate of drug-likeness (QED) is 0.621. The third kappa shape index (κ3) is 4.69. The largest absolute Gasteiger partial charge is 0.469 e. The van der Waals surface area contributed by atoms with Gasteiger partial charge in [0, 0.05) is 6.42 Å². The summed E-state index contributed by atoms with van der Waals surface area (Å²) in [6.45, 7) is 8.79. The molecule has 0 saturated carbocycles. The molecule has 0 bridgehead atoms. The molecular weight excluding hydrogens is 196 g/mol. The Bertz CT molecular complexity index is 333. The van der Waals surface area contributed by atoms with E-state index >= 15 is 0 Å². The first-order valence-corrected chi connectivity index (χ1v) is 6.31. The first-order chi connectivity index (χ1) is 7.61. The maximum absolute atomic E-state index is 5.47. The van der Waals surface area contributed by atoms with Crippen molar-refractivity contribution in [2.75, 3.05) is 0 Å². The Morgan fingerprint density at radius 2 is 2.25 bits per heavy atom. The van der Waals surface area contributed by atoms with Gasteiger partial charge in [0.2, 0.25) is 0 Å². The minimum atomic E-state index is 0.700. The van der Waals surface area contributed by atoms with Crippen LogP contribution in [0.2, 0.25) is 0 Å². The van der Waals surface area contributed by atoms with Crippen LogP contribution in [0, 0.1) is 12.8 Å². The molecule has 0 amide bonds. The lowest BCUT2D eigenvalue weighted by atomic mass is 9.99. The number of rotatable bonds is 6. The Hall–Kier alpha value is -0.980. The van der Waals surface area contributed by atoms with Crippen molar-refractivity contribution in [3.05, 3.63) is 35.3 Å². The van der Waals surface area contributed by atoms with Crippen molar-refractivity contribution in [2.45, 2.75) is 53.4 Å².